The number of carbonyl (C=O) groups is 1. The number of fused-ring (bicyclic) bond motifs is 1. The number of hydrogen-bond donors (Lipinski definition) is 4. The third-order valence-corrected chi connectivity index (χ3v) is 5.42. The zero-order valence-electron chi connectivity index (χ0n) is 15.0. The lowest BCUT2D eigenvalue weighted by atomic mass is 10.2. The Kier molecular flexibility index (Phi) is 6.46. The molecule has 1 fully saturated rings. The van der Waals surface area contributed by atoms with Crippen molar-refractivity contribution >= 4 is 33.3 Å². The van der Waals surface area contributed by atoms with Gasteiger partial charge in [-0.15, -0.1) is 11.3 Å². The van der Waals surface area contributed by atoms with Crippen molar-refractivity contribution in [3.05, 3.63) is 35.2 Å². The maximum Gasteiger partial charge on any atom is 0.223 e. The van der Waals surface area contributed by atoms with Gasteiger partial charge in [0.05, 0.1) is 6.54 Å². The van der Waals surface area contributed by atoms with E-state index >= 15 is 0 Å². The second-order valence-corrected chi connectivity index (χ2v) is 7.53. The van der Waals surface area contributed by atoms with E-state index in [0.29, 0.717) is 19.0 Å². The Morgan fingerprint density at radius 3 is 2.77 bits per heavy atom. The van der Waals surface area contributed by atoms with E-state index in [-0.39, 0.29) is 18.4 Å². The third-order valence-electron chi connectivity index (χ3n) is 4.20. The second-order valence-electron chi connectivity index (χ2n) is 6.41. The summed E-state index contributed by atoms with van der Waals surface area (Å²) in [5.74, 6) is 1.02. The quantitative estimate of drug-likeness (QED) is 0.323. The molecule has 0 radical (unpaired) electrons. The van der Waals surface area contributed by atoms with Gasteiger partial charge < -0.3 is 21.1 Å². The van der Waals surface area contributed by atoms with E-state index in [1.165, 1.54) is 4.70 Å². The lowest BCUT2D eigenvalue weighted by Gasteiger charge is -2.13. The summed E-state index contributed by atoms with van der Waals surface area (Å²) >= 11 is 1.60. The van der Waals surface area contributed by atoms with Gasteiger partial charge in [0, 0.05) is 35.1 Å². The molecule has 0 aliphatic heterocycles. The minimum atomic E-state index is -0.627. The number of benzene rings is 1. The van der Waals surface area contributed by atoms with Gasteiger partial charge in [0.25, 0.3) is 0 Å². The molecule has 1 atom stereocenters. The minimum absolute atomic E-state index is 0.147. The van der Waals surface area contributed by atoms with Crippen LogP contribution >= 0.6 is 11.3 Å². The van der Waals surface area contributed by atoms with Crippen LogP contribution < -0.4 is 16.0 Å². The molecule has 26 heavy (non-hydrogen) atoms. The highest BCUT2D eigenvalue weighted by Crippen LogP contribution is 2.30. The highest BCUT2D eigenvalue weighted by molar-refractivity contribution is 7.19. The first-order chi connectivity index (χ1) is 12.7. The van der Waals surface area contributed by atoms with E-state index < -0.39 is 6.10 Å². The fourth-order valence-corrected chi connectivity index (χ4v) is 3.67. The summed E-state index contributed by atoms with van der Waals surface area (Å²) in [4.78, 5) is 17.0. The van der Waals surface area contributed by atoms with Gasteiger partial charge in [0.15, 0.2) is 5.96 Å². The Labute approximate surface area is 157 Å². The number of guanidine groups is 1. The summed E-state index contributed by atoms with van der Waals surface area (Å²) in [5, 5.41) is 20.8. The highest BCUT2D eigenvalue weighted by atomic mass is 32.1. The number of carbonyl (C=O) groups excluding carboxylic acids is 1. The topological polar surface area (TPSA) is 85.8 Å². The van der Waals surface area contributed by atoms with Crippen molar-refractivity contribution in [2.45, 2.75) is 25.9 Å². The Balaban J connectivity index is 1.49. The molecule has 1 aromatic carbocycles. The first-order valence-electron chi connectivity index (χ1n) is 9.13. The lowest BCUT2D eigenvalue weighted by Crippen LogP contribution is -2.42. The first-order valence-corrected chi connectivity index (χ1v) is 9.95. The van der Waals surface area contributed by atoms with Crippen molar-refractivity contribution in [2.24, 2.45) is 10.9 Å². The largest absolute Gasteiger partial charge is 0.386 e. The monoisotopic (exact) mass is 374 g/mol. The summed E-state index contributed by atoms with van der Waals surface area (Å²) < 4.78 is 1.17. The molecule has 1 aliphatic rings. The Bertz CT molecular complexity index is 737. The van der Waals surface area contributed by atoms with Crippen LogP contribution in [0.2, 0.25) is 0 Å². The van der Waals surface area contributed by atoms with Crippen LogP contribution in [0.25, 0.3) is 10.1 Å². The highest BCUT2D eigenvalue weighted by Gasteiger charge is 2.28. The molecule has 1 aliphatic carbocycles. The minimum Gasteiger partial charge on any atom is -0.386 e. The van der Waals surface area contributed by atoms with Crippen LogP contribution in [0, 0.1) is 5.92 Å². The molecule has 140 valence electrons. The molecule has 3 rings (SSSR count). The Morgan fingerprint density at radius 1 is 1.27 bits per heavy atom. The SMILES string of the molecule is CCNC(=NCC(O)c1cc2ccccc2s1)NCCNC(=O)C1CC1. The maximum atomic E-state index is 11.6. The summed E-state index contributed by atoms with van der Waals surface area (Å²) in [6.45, 7) is 4.19. The molecule has 1 amide bonds. The maximum absolute atomic E-state index is 11.6. The van der Waals surface area contributed by atoms with Crippen molar-refractivity contribution in [1.82, 2.24) is 16.0 Å². The number of thiophene rings is 1. The van der Waals surface area contributed by atoms with Gasteiger partial charge in [0.2, 0.25) is 5.91 Å². The van der Waals surface area contributed by atoms with Gasteiger partial charge in [-0.25, -0.2) is 0 Å². The smallest absolute Gasteiger partial charge is 0.223 e. The van der Waals surface area contributed by atoms with Crippen LogP contribution in [0.5, 0.6) is 0 Å². The number of rotatable bonds is 8. The van der Waals surface area contributed by atoms with Gasteiger partial charge >= 0.3 is 0 Å². The molecule has 1 aromatic heterocycles. The van der Waals surface area contributed by atoms with Crippen LogP contribution in [0.15, 0.2) is 35.3 Å². The predicted molar refractivity (Wildman–Crippen MR) is 106 cm³/mol. The molecule has 7 heteroatoms. The molecule has 1 heterocycles. The Hall–Kier alpha value is -2.12. The van der Waals surface area contributed by atoms with E-state index in [9.17, 15) is 9.90 Å². The molecule has 2 aromatic rings. The standard InChI is InChI=1S/C19H26N4O2S/c1-2-20-19(22-10-9-21-18(25)13-7-8-13)23-12-15(24)17-11-14-5-3-4-6-16(14)26-17/h3-6,11,13,15,24H,2,7-10,12H2,1H3,(H,21,25)(H2,20,22,23). The number of nitrogens with one attached hydrogen (secondary N) is 3. The fraction of sp³-hybridized carbons (Fsp3) is 0.474. The van der Waals surface area contributed by atoms with Gasteiger partial charge in [-0.1, -0.05) is 18.2 Å². The molecule has 1 unspecified atom stereocenters. The zero-order valence-corrected chi connectivity index (χ0v) is 15.8. The Morgan fingerprint density at radius 2 is 2.04 bits per heavy atom. The predicted octanol–water partition coefficient (Wildman–Crippen LogP) is 2.02. The lowest BCUT2D eigenvalue weighted by molar-refractivity contribution is -0.122. The van der Waals surface area contributed by atoms with Crippen LogP contribution in [-0.2, 0) is 4.79 Å². The zero-order chi connectivity index (χ0) is 18.4. The molecular weight excluding hydrogens is 348 g/mol. The van der Waals surface area contributed by atoms with Crippen LogP contribution in [0.1, 0.15) is 30.7 Å². The molecule has 0 spiro atoms. The normalized spacial score (nSPS) is 15.7. The average Bonchev–Trinajstić information content (AvgIpc) is 3.41. The average molecular weight is 375 g/mol. The number of nitrogens with zero attached hydrogens (tertiary/aromatic N) is 1. The summed E-state index contributed by atoms with van der Waals surface area (Å²) in [5.41, 5.74) is 0. The third kappa shape index (κ3) is 5.19. The second kappa shape index (κ2) is 9.00. The van der Waals surface area contributed by atoms with Gasteiger partial charge in [-0.2, -0.15) is 0 Å². The van der Waals surface area contributed by atoms with E-state index in [1.807, 2.05) is 31.2 Å². The van der Waals surface area contributed by atoms with E-state index in [2.05, 4.69) is 27.0 Å². The van der Waals surface area contributed by atoms with Crippen LogP contribution in [0.3, 0.4) is 0 Å². The number of aliphatic hydroxyl groups excluding tert-OH is 1. The fourth-order valence-electron chi connectivity index (χ4n) is 2.63. The van der Waals surface area contributed by atoms with E-state index in [4.69, 9.17) is 0 Å². The number of hydrogen-bond acceptors (Lipinski definition) is 4. The van der Waals surface area contributed by atoms with Crippen molar-refractivity contribution in [3.8, 4) is 0 Å². The first kappa shape index (κ1) is 18.7. The van der Waals surface area contributed by atoms with Crippen molar-refractivity contribution in [1.29, 1.82) is 0 Å². The van der Waals surface area contributed by atoms with Gasteiger partial charge in [-0.3, -0.25) is 9.79 Å². The van der Waals surface area contributed by atoms with Crippen molar-refractivity contribution in [3.63, 3.8) is 0 Å². The number of amides is 1. The number of aliphatic imine (C=N–C) groups is 1. The van der Waals surface area contributed by atoms with Crippen molar-refractivity contribution in [2.75, 3.05) is 26.2 Å². The summed E-state index contributed by atoms with van der Waals surface area (Å²) in [6.07, 6.45) is 1.40. The molecule has 0 bridgehead atoms. The number of aliphatic hydroxyl groups is 1. The van der Waals surface area contributed by atoms with E-state index in [1.54, 1.807) is 11.3 Å². The molecule has 0 saturated heterocycles. The molecule has 6 nitrogen and oxygen atoms in total. The summed E-state index contributed by atoms with van der Waals surface area (Å²) in [7, 11) is 0. The molecule has 4 N–H and O–H groups in total. The van der Waals surface area contributed by atoms with Gasteiger partial charge in [0.1, 0.15) is 6.10 Å². The van der Waals surface area contributed by atoms with Crippen molar-refractivity contribution < 1.29 is 9.90 Å². The molecular formula is C19H26N4O2S. The van der Waals surface area contributed by atoms with Crippen LogP contribution in [0.4, 0.5) is 0 Å². The summed E-state index contributed by atoms with van der Waals surface area (Å²) in [6, 6.07) is 10.1. The van der Waals surface area contributed by atoms with Crippen LogP contribution in [-0.4, -0.2) is 43.2 Å². The van der Waals surface area contributed by atoms with E-state index in [0.717, 1.165) is 29.6 Å². The molecule has 1 saturated carbocycles. The van der Waals surface area contributed by atoms with Gasteiger partial charge in [-0.05, 0) is 37.3 Å².